The molecule has 14 heteroatoms. The average Bonchev–Trinajstić information content (AvgIpc) is 3.40. The lowest BCUT2D eigenvalue weighted by atomic mass is 10.2. The number of morpholine rings is 1. The van der Waals surface area contributed by atoms with E-state index < -0.39 is 36.1 Å². The number of hydrogen-bond acceptors (Lipinski definition) is 10. The highest BCUT2D eigenvalue weighted by Gasteiger charge is 2.30. The van der Waals surface area contributed by atoms with Gasteiger partial charge in [0.05, 0.1) is 40.8 Å². The second-order valence-electron chi connectivity index (χ2n) is 8.61. The maximum absolute atomic E-state index is 13.7. The molecule has 2 aromatic carbocycles. The largest absolute Gasteiger partial charge is 0.485 e. The number of nitro benzene ring substituents is 1. The maximum Gasteiger partial charge on any atom is 0.312 e. The standard InChI is InChI=1S/C25H23N5O8S/c26-24(31)19-2-1-3-22(23(19)38-17-10-15-6-7-28-25(15)29-12-17)39(34,35)18-4-5-21(20(11-18)30(32)33)37-14-16-13-36-9-8-27-16/h1-7,10-12,16,27H,8-9,13-14H2,(H2,26,31)(H,28,29). The lowest BCUT2D eigenvalue weighted by Gasteiger charge is -2.23. The Labute approximate surface area is 222 Å². The van der Waals surface area contributed by atoms with Crippen molar-refractivity contribution >= 4 is 32.5 Å². The summed E-state index contributed by atoms with van der Waals surface area (Å²) in [6.45, 7) is 1.65. The highest BCUT2D eigenvalue weighted by Crippen LogP contribution is 2.38. The Morgan fingerprint density at radius 1 is 1.23 bits per heavy atom. The first kappa shape index (κ1) is 26.1. The zero-order valence-electron chi connectivity index (χ0n) is 20.3. The minimum Gasteiger partial charge on any atom is -0.485 e. The highest BCUT2D eigenvalue weighted by molar-refractivity contribution is 7.91. The van der Waals surface area contributed by atoms with Gasteiger partial charge in [0.1, 0.15) is 22.9 Å². The second kappa shape index (κ2) is 10.7. The molecule has 4 aromatic rings. The van der Waals surface area contributed by atoms with Crippen LogP contribution in [0.4, 0.5) is 5.69 Å². The van der Waals surface area contributed by atoms with Crippen LogP contribution in [-0.4, -0.2) is 61.6 Å². The number of rotatable bonds is 9. The SMILES string of the molecule is NC(=O)c1cccc(S(=O)(=O)c2ccc(OCC3COCCN3)c([N+](=O)[O-])c2)c1Oc1cnc2[nH]ccc2c1. The fourth-order valence-corrected chi connectivity index (χ4v) is 5.51. The molecule has 0 aliphatic carbocycles. The summed E-state index contributed by atoms with van der Waals surface area (Å²) in [7, 11) is -4.44. The van der Waals surface area contributed by atoms with E-state index in [1.54, 1.807) is 18.3 Å². The number of primary amides is 1. The number of nitro groups is 1. The Kier molecular flexibility index (Phi) is 7.15. The molecule has 3 heterocycles. The summed E-state index contributed by atoms with van der Waals surface area (Å²) in [4.78, 5) is 29.6. The molecule has 0 bridgehead atoms. The molecule has 1 unspecified atom stereocenters. The number of carbonyl (C=O) groups is 1. The van der Waals surface area contributed by atoms with Gasteiger partial charge in [0.15, 0.2) is 11.5 Å². The van der Waals surface area contributed by atoms with Gasteiger partial charge >= 0.3 is 5.69 Å². The van der Waals surface area contributed by atoms with E-state index in [9.17, 15) is 23.3 Å². The van der Waals surface area contributed by atoms with Crippen molar-refractivity contribution in [3.8, 4) is 17.2 Å². The van der Waals surface area contributed by atoms with Crippen LogP contribution in [0.3, 0.4) is 0 Å². The van der Waals surface area contributed by atoms with E-state index in [0.717, 1.165) is 6.07 Å². The summed E-state index contributed by atoms with van der Waals surface area (Å²) < 4.78 is 44.3. The molecule has 0 spiro atoms. The van der Waals surface area contributed by atoms with Crippen LogP contribution < -0.4 is 20.5 Å². The molecule has 4 N–H and O–H groups in total. The number of aromatic nitrogens is 2. The minimum atomic E-state index is -4.44. The maximum atomic E-state index is 13.7. The second-order valence-corrected chi connectivity index (χ2v) is 10.5. The van der Waals surface area contributed by atoms with Gasteiger partial charge in [-0.25, -0.2) is 13.4 Å². The number of para-hydroxylation sites is 1. The molecule has 1 aliphatic rings. The van der Waals surface area contributed by atoms with Crippen molar-refractivity contribution in [3.63, 3.8) is 0 Å². The number of ether oxygens (including phenoxy) is 3. The molecule has 1 fully saturated rings. The van der Waals surface area contributed by atoms with E-state index >= 15 is 0 Å². The number of aromatic amines is 1. The van der Waals surface area contributed by atoms with Gasteiger partial charge in [-0.2, -0.15) is 0 Å². The molecule has 5 rings (SSSR count). The van der Waals surface area contributed by atoms with E-state index in [1.807, 2.05) is 0 Å². The van der Waals surface area contributed by atoms with E-state index in [4.69, 9.17) is 19.9 Å². The molecule has 0 radical (unpaired) electrons. The monoisotopic (exact) mass is 553 g/mol. The minimum absolute atomic E-state index is 0.0884. The third-order valence-corrected chi connectivity index (χ3v) is 7.78. The average molecular weight is 554 g/mol. The number of pyridine rings is 1. The first-order valence-electron chi connectivity index (χ1n) is 11.8. The Hall–Kier alpha value is -4.53. The van der Waals surface area contributed by atoms with Gasteiger partial charge < -0.3 is 30.2 Å². The van der Waals surface area contributed by atoms with E-state index in [-0.39, 0.29) is 35.5 Å². The molecular formula is C25H23N5O8S. The molecule has 13 nitrogen and oxygen atoms in total. The summed E-state index contributed by atoms with van der Waals surface area (Å²) in [6, 6.07) is 10.4. The number of nitrogens with two attached hydrogens (primary N) is 1. The van der Waals surface area contributed by atoms with Crippen molar-refractivity contribution in [1.29, 1.82) is 0 Å². The lowest BCUT2D eigenvalue weighted by Crippen LogP contribution is -2.44. The number of benzene rings is 2. The smallest absolute Gasteiger partial charge is 0.312 e. The van der Waals surface area contributed by atoms with Crippen molar-refractivity contribution in [1.82, 2.24) is 15.3 Å². The Morgan fingerprint density at radius 3 is 2.82 bits per heavy atom. The van der Waals surface area contributed by atoms with Crippen molar-refractivity contribution in [2.24, 2.45) is 5.73 Å². The number of amides is 1. The summed E-state index contributed by atoms with van der Waals surface area (Å²) >= 11 is 0. The van der Waals surface area contributed by atoms with Crippen LogP contribution in [0.15, 0.2) is 70.7 Å². The van der Waals surface area contributed by atoms with Gasteiger partial charge in [-0.05, 0) is 36.4 Å². The molecule has 1 amide bonds. The predicted octanol–water partition coefficient (Wildman–Crippen LogP) is 2.56. The molecule has 1 saturated heterocycles. The number of hydrogen-bond donors (Lipinski definition) is 3. The van der Waals surface area contributed by atoms with Gasteiger partial charge in [0, 0.05) is 24.2 Å². The zero-order chi connectivity index (χ0) is 27.6. The predicted molar refractivity (Wildman–Crippen MR) is 138 cm³/mol. The summed E-state index contributed by atoms with van der Waals surface area (Å²) in [5.41, 5.74) is 5.37. The Bertz CT molecular complexity index is 1660. The van der Waals surface area contributed by atoms with Gasteiger partial charge in [-0.3, -0.25) is 14.9 Å². The zero-order valence-corrected chi connectivity index (χ0v) is 21.1. The molecule has 39 heavy (non-hydrogen) atoms. The Morgan fingerprint density at radius 2 is 2.08 bits per heavy atom. The van der Waals surface area contributed by atoms with Gasteiger partial charge in [-0.15, -0.1) is 0 Å². The number of fused-ring (bicyclic) bond motifs is 1. The van der Waals surface area contributed by atoms with E-state index in [0.29, 0.717) is 30.8 Å². The summed E-state index contributed by atoms with van der Waals surface area (Å²) in [5.74, 6) is -1.19. The van der Waals surface area contributed by atoms with Crippen molar-refractivity contribution in [2.45, 2.75) is 15.8 Å². The molecule has 2 aromatic heterocycles. The molecule has 0 saturated carbocycles. The summed E-state index contributed by atoms with van der Waals surface area (Å²) in [6.07, 6.45) is 3.03. The number of nitrogens with zero attached hydrogens (tertiary/aromatic N) is 2. The van der Waals surface area contributed by atoms with Crippen LogP contribution in [0, 0.1) is 10.1 Å². The number of nitrogens with one attached hydrogen (secondary N) is 2. The molecule has 1 atom stereocenters. The van der Waals surface area contributed by atoms with Crippen LogP contribution in [0.1, 0.15) is 10.4 Å². The van der Waals surface area contributed by atoms with Crippen LogP contribution in [0.2, 0.25) is 0 Å². The third kappa shape index (κ3) is 5.38. The highest BCUT2D eigenvalue weighted by atomic mass is 32.2. The first-order valence-corrected chi connectivity index (χ1v) is 13.2. The number of carbonyl (C=O) groups excluding carboxylic acids is 1. The van der Waals surface area contributed by atoms with Gasteiger partial charge in [-0.1, -0.05) is 6.07 Å². The van der Waals surface area contributed by atoms with Crippen molar-refractivity contribution < 1.29 is 32.3 Å². The number of sulfone groups is 1. The molecular weight excluding hydrogens is 530 g/mol. The van der Waals surface area contributed by atoms with Crippen LogP contribution >= 0.6 is 0 Å². The lowest BCUT2D eigenvalue weighted by molar-refractivity contribution is -0.386. The Balaban J connectivity index is 1.52. The molecule has 202 valence electrons. The molecule has 1 aliphatic heterocycles. The van der Waals surface area contributed by atoms with Gasteiger partial charge in [0.2, 0.25) is 9.84 Å². The summed E-state index contributed by atoms with van der Waals surface area (Å²) in [5, 5.41) is 15.7. The van der Waals surface area contributed by atoms with E-state index in [2.05, 4.69) is 15.3 Å². The topological polar surface area (TPSA) is 189 Å². The van der Waals surface area contributed by atoms with Crippen LogP contribution in [0.25, 0.3) is 11.0 Å². The third-order valence-electron chi connectivity index (χ3n) is 6.00. The first-order chi connectivity index (χ1) is 18.7. The fraction of sp³-hybridized carbons (Fsp3) is 0.200. The van der Waals surface area contributed by atoms with Crippen LogP contribution in [0.5, 0.6) is 17.2 Å². The van der Waals surface area contributed by atoms with Crippen molar-refractivity contribution in [2.75, 3.05) is 26.4 Å². The van der Waals surface area contributed by atoms with Gasteiger partial charge in [0.25, 0.3) is 5.91 Å². The van der Waals surface area contributed by atoms with E-state index in [1.165, 1.54) is 36.5 Å². The van der Waals surface area contributed by atoms with Crippen molar-refractivity contribution in [3.05, 3.63) is 76.6 Å². The van der Waals surface area contributed by atoms with Crippen LogP contribution in [-0.2, 0) is 14.6 Å². The normalized spacial score (nSPS) is 15.6. The number of H-pyrrole nitrogens is 1. The fourth-order valence-electron chi connectivity index (χ4n) is 4.09. The quantitative estimate of drug-likeness (QED) is 0.205.